The Kier molecular flexibility index (Phi) is 3.35. The molecule has 1 atom stereocenters. The zero-order chi connectivity index (χ0) is 10.8. The van der Waals surface area contributed by atoms with E-state index in [-0.39, 0.29) is 5.38 Å². The van der Waals surface area contributed by atoms with Crippen molar-refractivity contribution in [2.75, 3.05) is 0 Å². The lowest BCUT2D eigenvalue weighted by atomic mass is 9.97. The fourth-order valence-corrected chi connectivity index (χ4v) is 2.54. The normalized spacial score (nSPS) is 17.8. The van der Waals surface area contributed by atoms with E-state index in [4.69, 9.17) is 11.6 Å². The second-order valence-electron chi connectivity index (χ2n) is 4.47. The first-order valence-corrected chi connectivity index (χ1v) is 6.45. The van der Waals surface area contributed by atoms with E-state index in [1.54, 1.807) is 0 Å². The molecule has 1 heteroatoms. The van der Waals surface area contributed by atoms with Crippen LogP contribution in [0.2, 0.25) is 0 Å². The van der Waals surface area contributed by atoms with Gasteiger partial charge in [0.25, 0.3) is 0 Å². The molecule has 0 N–H and O–H groups in total. The summed E-state index contributed by atoms with van der Waals surface area (Å²) in [5.74, 6) is 0.740. The maximum Gasteiger partial charge on any atom is 0.0613 e. The molecule has 0 spiro atoms. The molecule has 0 nitrogen and oxygen atoms in total. The third kappa shape index (κ3) is 2.36. The van der Waals surface area contributed by atoms with E-state index >= 15 is 0 Å². The van der Waals surface area contributed by atoms with Crippen molar-refractivity contribution in [2.24, 2.45) is 5.92 Å². The maximum absolute atomic E-state index is 6.43. The van der Waals surface area contributed by atoms with Crippen LogP contribution in [-0.4, -0.2) is 0 Å². The van der Waals surface area contributed by atoms with E-state index in [1.165, 1.54) is 29.5 Å². The summed E-state index contributed by atoms with van der Waals surface area (Å²) in [7, 11) is 0. The van der Waals surface area contributed by atoms with Gasteiger partial charge in [0.15, 0.2) is 0 Å². The van der Waals surface area contributed by atoms with Crippen molar-refractivity contribution >= 4 is 11.6 Å². The Morgan fingerprint density at radius 2 is 1.87 bits per heavy atom. The Morgan fingerprint density at radius 3 is 2.40 bits per heavy atom. The van der Waals surface area contributed by atoms with Crippen LogP contribution in [0.15, 0.2) is 18.2 Å². The predicted octanol–water partition coefficient (Wildman–Crippen LogP) is 4.50. The molecule has 0 aromatic heterocycles. The lowest BCUT2D eigenvalue weighted by molar-refractivity contribution is 0.794. The fraction of sp³-hybridized carbons (Fsp3) is 0.571. The van der Waals surface area contributed by atoms with Crippen molar-refractivity contribution in [2.45, 2.75) is 44.9 Å². The van der Waals surface area contributed by atoms with Crippen molar-refractivity contribution in [3.63, 3.8) is 0 Å². The molecule has 1 aromatic carbocycles. The van der Waals surface area contributed by atoms with Gasteiger partial charge in [0.05, 0.1) is 5.38 Å². The highest BCUT2D eigenvalue weighted by Crippen LogP contribution is 2.45. The Bertz CT molecular complexity index is 339. The van der Waals surface area contributed by atoms with Gasteiger partial charge in [-0.3, -0.25) is 0 Å². The summed E-state index contributed by atoms with van der Waals surface area (Å²) in [6, 6.07) is 6.79. The van der Waals surface area contributed by atoms with Crippen molar-refractivity contribution in [3.8, 4) is 0 Å². The van der Waals surface area contributed by atoms with E-state index in [0.717, 1.165) is 18.8 Å². The fourth-order valence-electron chi connectivity index (χ4n) is 2.15. The molecule has 0 radical (unpaired) electrons. The van der Waals surface area contributed by atoms with Crippen LogP contribution in [0.1, 0.15) is 48.8 Å². The van der Waals surface area contributed by atoms with Gasteiger partial charge in [-0.1, -0.05) is 32.0 Å². The average molecular weight is 223 g/mol. The predicted molar refractivity (Wildman–Crippen MR) is 66.5 cm³/mol. The van der Waals surface area contributed by atoms with Gasteiger partial charge in [0.2, 0.25) is 0 Å². The lowest BCUT2D eigenvalue weighted by Crippen LogP contribution is -1.97. The van der Waals surface area contributed by atoms with Gasteiger partial charge in [0.1, 0.15) is 0 Å². The molecule has 15 heavy (non-hydrogen) atoms. The van der Waals surface area contributed by atoms with Crippen molar-refractivity contribution in [1.82, 2.24) is 0 Å². The molecule has 0 aliphatic heterocycles. The highest BCUT2D eigenvalue weighted by Gasteiger charge is 2.30. The monoisotopic (exact) mass is 222 g/mol. The molecule has 1 aromatic rings. The summed E-state index contributed by atoms with van der Waals surface area (Å²) in [6.45, 7) is 4.44. The number of rotatable bonds is 4. The summed E-state index contributed by atoms with van der Waals surface area (Å²) >= 11 is 6.43. The second-order valence-corrected chi connectivity index (χ2v) is 4.94. The zero-order valence-corrected chi connectivity index (χ0v) is 10.3. The number of hydrogen-bond donors (Lipinski definition) is 0. The van der Waals surface area contributed by atoms with Gasteiger partial charge < -0.3 is 0 Å². The van der Waals surface area contributed by atoms with Gasteiger partial charge >= 0.3 is 0 Å². The standard InChI is InChI=1S/C14H19Cl/c1-3-10-5-8-13(9-11(10)4-2)14(15)12-6-7-12/h5,8-9,12,14H,3-4,6-7H2,1-2H3. The molecule has 0 saturated heterocycles. The summed E-state index contributed by atoms with van der Waals surface area (Å²) in [4.78, 5) is 0. The van der Waals surface area contributed by atoms with Crippen molar-refractivity contribution in [1.29, 1.82) is 0 Å². The van der Waals surface area contributed by atoms with Crippen LogP contribution in [0.5, 0.6) is 0 Å². The molecule has 0 amide bonds. The molecular formula is C14H19Cl. The third-order valence-corrected chi connectivity index (χ3v) is 3.95. The number of halogens is 1. The largest absolute Gasteiger partial charge is 0.118 e. The molecule has 2 rings (SSSR count). The molecule has 0 heterocycles. The average Bonchev–Trinajstić information content (AvgIpc) is 3.11. The van der Waals surface area contributed by atoms with Crippen LogP contribution in [0, 0.1) is 5.92 Å². The minimum absolute atomic E-state index is 0.251. The van der Waals surface area contributed by atoms with Gasteiger partial charge in [-0.25, -0.2) is 0 Å². The smallest absolute Gasteiger partial charge is 0.0613 e. The molecule has 1 fully saturated rings. The molecular weight excluding hydrogens is 204 g/mol. The van der Waals surface area contributed by atoms with Crippen LogP contribution in [0.25, 0.3) is 0 Å². The minimum Gasteiger partial charge on any atom is -0.118 e. The summed E-state index contributed by atoms with van der Waals surface area (Å²) in [6.07, 6.45) is 4.86. The van der Waals surface area contributed by atoms with E-state index in [2.05, 4.69) is 32.0 Å². The quantitative estimate of drug-likeness (QED) is 0.658. The summed E-state index contributed by atoms with van der Waals surface area (Å²) in [5, 5.41) is 0.251. The Morgan fingerprint density at radius 1 is 1.20 bits per heavy atom. The number of benzene rings is 1. The van der Waals surface area contributed by atoms with Crippen LogP contribution in [0.4, 0.5) is 0 Å². The van der Waals surface area contributed by atoms with Crippen LogP contribution in [-0.2, 0) is 12.8 Å². The van der Waals surface area contributed by atoms with Crippen molar-refractivity contribution < 1.29 is 0 Å². The number of aryl methyl sites for hydroxylation is 2. The first kappa shape index (κ1) is 11.0. The molecule has 0 bridgehead atoms. The maximum atomic E-state index is 6.43. The summed E-state index contributed by atoms with van der Waals surface area (Å²) < 4.78 is 0. The van der Waals surface area contributed by atoms with Gasteiger partial charge in [-0.05, 0) is 48.3 Å². The second kappa shape index (κ2) is 4.57. The first-order chi connectivity index (χ1) is 7.26. The molecule has 1 aliphatic rings. The van der Waals surface area contributed by atoms with Gasteiger partial charge in [0, 0.05) is 0 Å². The van der Waals surface area contributed by atoms with Gasteiger partial charge in [-0.15, -0.1) is 11.6 Å². The Labute approximate surface area is 97.6 Å². The SMILES string of the molecule is CCc1ccc(C(Cl)C2CC2)cc1CC. The minimum atomic E-state index is 0.251. The van der Waals surface area contributed by atoms with Crippen LogP contribution < -0.4 is 0 Å². The van der Waals surface area contributed by atoms with Gasteiger partial charge in [-0.2, -0.15) is 0 Å². The van der Waals surface area contributed by atoms with Crippen LogP contribution >= 0.6 is 11.6 Å². The molecule has 1 saturated carbocycles. The topological polar surface area (TPSA) is 0 Å². The number of hydrogen-bond acceptors (Lipinski definition) is 0. The lowest BCUT2D eigenvalue weighted by Gasteiger charge is -2.12. The molecule has 1 unspecified atom stereocenters. The van der Waals surface area contributed by atoms with E-state index in [1.807, 2.05) is 0 Å². The Balaban J connectivity index is 2.25. The van der Waals surface area contributed by atoms with E-state index in [9.17, 15) is 0 Å². The number of alkyl halides is 1. The highest BCUT2D eigenvalue weighted by molar-refractivity contribution is 6.21. The highest BCUT2D eigenvalue weighted by atomic mass is 35.5. The molecule has 82 valence electrons. The van der Waals surface area contributed by atoms with Crippen molar-refractivity contribution in [3.05, 3.63) is 34.9 Å². The van der Waals surface area contributed by atoms with E-state index in [0.29, 0.717) is 0 Å². The van der Waals surface area contributed by atoms with E-state index < -0.39 is 0 Å². The Hall–Kier alpha value is -0.490. The first-order valence-electron chi connectivity index (χ1n) is 6.02. The van der Waals surface area contributed by atoms with Crippen LogP contribution in [0.3, 0.4) is 0 Å². The summed E-state index contributed by atoms with van der Waals surface area (Å²) in [5.41, 5.74) is 4.27. The molecule has 1 aliphatic carbocycles. The third-order valence-electron chi connectivity index (χ3n) is 3.35. The zero-order valence-electron chi connectivity index (χ0n) is 9.59.